The molecule has 1 N–H and O–H groups in total. The second-order valence-electron chi connectivity index (χ2n) is 3.82. The first kappa shape index (κ1) is 11.0. The van der Waals surface area contributed by atoms with Crippen LogP contribution in [0.4, 0.5) is 0 Å². The minimum absolute atomic E-state index is 0.238. The maximum absolute atomic E-state index is 9.91. The fourth-order valence-electron chi connectivity index (χ4n) is 1.69. The molecule has 1 aromatic rings. The van der Waals surface area contributed by atoms with Gasteiger partial charge in [-0.3, -0.25) is 0 Å². The van der Waals surface area contributed by atoms with Crippen LogP contribution >= 0.6 is 11.8 Å². The molecule has 0 radical (unpaired) electrons. The molecule has 2 atom stereocenters. The molecule has 82 valence electrons. The minimum atomic E-state index is -0.238. The number of thioether (sulfide) groups is 1. The van der Waals surface area contributed by atoms with Gasteiger partial charge in [0.1, 0.15) is 0 Å². The van der Waals surface area contributed by atoms with Crippen molar-refractivity contribution in [2.75, 3.05) is 19.0 Å². The lowest BCUT2D eigenvalue weighted by Gasteiger charge is -2.15. The third kappa shape index (κ3) is 3.23. The van der Waals surface area contributed by atoms with Gasteiger partial charge in [0.2, 0.25) is 0 Å². The average Bonchev–Trinajstić information content (AvgIpc) is 2.81. The Bertz CT molecular complexity index is 283. The third-order valence-electron chi connectivity index (χ3n) is 2.67. The van der Waals surface area contributed by atoms with Gasteiger partial charge in [-0.25, -0.2) is 0 Å². The Morgan fingerprint density at radius 1 is 1.40 bits per heavy atom. The number of aliphatic hydroxyl groups excluding tert-OH is 1. The Balaban J connectivity index is 1.77. The predicted molar refractivity (Wildman–Crippen MR) is 62.1 cm³/mol. The van der Waals surface area contributed by atoms with Gasteiger partial charge in [-0.15, -0.1) is 11.8 Å². The number of aliphatic hydroxyl groups is 1. The SMILES string of the molecule is OC(CSc1ccccc1)C1CCOC1. The van der Waals surface area contributed by atoms with Crippen LogP contribution < -0.4 is 0 Å². The molecular weight excluding hydrogens is 208 g/mol. The number of benzene rings is 1. The zero-order valence-electron chi connectivity index (χ0n) is 8.63. The summed E-state index contributed by atoms with van der Waals surface area (Å²) in [7, 11) is 0. The summed E-state index contributed by atoms with van der Waals surface area (Å²) in [5, 5.41) is 9.91. The molecule has 0 spiro atoms. The van der Waals surface area contributed by atoms with Crippen molar-refractivity contribution < 1.29 is 9.84 Å². The second kappa shape index (κ2) is 5.54. The molecule has 0 aliphatic carbocycles. The first-order chi connectivity index (χ1) is 7.36. The van der Waals surface area contributed by atoms with E-state index >= 15 is 0 Å². The quantitative estimate of drug-likeness (QED) is 0.795. The number of ether oxygens (including phenoxy) is 1. The molecule has 1 fully saturated rings. The smallest absolute Gasteiger partial charge is 0.0685 e. The summed E-state index contributed by atoms with van der Waals surface area (Å²) in [6, 6.07) is 10.2. The van der Waals surface area contributed by atoms with E-state index in [-0.39, 0.29) is 6.10 Å². The van der Waals surface area contributed by atoms with Crippen LogP contribution in [0.15, 0.2) is 35.2 Å². The third-order valence-corrected chi connectivity index (χ3v) is 3.79. The molecule has 0 saturated carbocycles. The Labute approximate surface area is 94.6 Å². The summed E-state index contributed by atoms with van der Waals surface area (Å²) in [6.07, 6.45) is 0.758. The van der Waals surface area contributed by atoms with E-state index in [2.05, 4.69) is 12.1 Å². The van der Waals surface area contributed by atoms with E-state index < -0.39 is 0 Å². The first-order valence-corrected chi connectivity index (χ1v) is 6.28. The zero-order valence-corrected chi connectivity index (χ0v) is 9.45. The van der Waals surface area contributed by atoms with Crippen LogP contribution in [-0.2, 0) is 4.74 Å². The molecule has 1 heterocycles. The summed E-state index contributed by atoms with van der Waals surface area (Å²) < 4.78 is 5.26. The average molecular weight is 224 g/mol. The first-order valence-electron chi connectivity index (χ1n) is 5.30. The van der Waals surface area contributed by atoms with Gasteiger partial charge in [0.05, 0.1) is 12.7 Å². The number of hydrogen-bond donors (Lipinski definition) is 1. The van der Waals surface area contributed by atoms with Crippen LogP contribution in [0.1, 0.15) is 6.42 Å². The van der Waals surface area contributed by atoms with Gasteiger partial charge in [-0.1, -0.05) is 18.2 Å². The topological polar surface area (TPSA) is 29.5 Å². The van der Waals surface area contributed by atoms with Crippen LogP contribution in [0.2, 0.25) is 0 Å². The number of rotatable bonds is 4. The van der Waals surface area contributed by atoms with Crippen molar-refractivity contribution in [2.24, 2.45) is 5.92 Å². The molecule has 2 unspecified atom stereocenters. The molecule has 1 saturated heterocycles. The van der Waals surface area contributed by atoms with Crippen LogP contribution in [-0.4, -0.2) is 30.2 Å². The Morgan fingerprint density at radius 2 is 2.20 bits per heavy atom. The van der Waals surface area contributed by atoms with Crippen molar-refractivity contribution >= 4 is 11.8 Å². The highest BCUT2D eigenvalue weighted by Gasteiger charge is 2.23. The van der Waals surface area contributed by atoms with E-state index in [4.69, 9.17) is 4.74 Å². The maximum Gasteiger partial charge on any atom is 0.0685 e. The Morgan fingerprint density at radius 3 is 2.87 bits per heavy atom. The van der Waals surface area contributed by atoms with E-state index in [1.165, 1.54) is 4.90 Å². The molecule has 15 heavy (non-hydrogen) atoms. The monoisotopic (exact) mass is 224 g/mol. The summed E-state index contributed by atoms with van der Waals surface area (Å²) >= 11 is 1.71. The molecule has 0 bridgehead atoms. The van der Waals surface area contributed by atoms with E-state index in [1.54, 1.807) is 11.8 Å². The fourth-order valence-corrected chi connectivity index (χ4v) is 2.68. The largest absolute Gasteiger partial charge is 0.392 e. The van der Waals surface area contributed by atoms with Gasteiger partial charge < -0.3 is 9.84 Å². The van der Waals surface area contributed by atoms with Gasteiger partial charge in [0, 0.05) is 23.2 Å². The molecule has 0 amide bonds. The van der Waals surface area contributed by atoms with Gasteiger partial charge in [-0.05, 0) is 18.6 Å². The summed E-state index contributed by atoms with van der Waals surface area (Å²) in [4.78, 5) is 1.22. The lowest BCUT2D eigenvalue weighted by molar-refractivity contribution is 0.109. The molecule has 1 aliphatic rings. The van der Waals surface area contributed by atoms with Crippen molar-refractivity contribution in [3.8, 4) is 0 Å². The zero-order chi connectivity index (χ0) is 10.5. The molecule has 3 heteroatoms. The van der Waals surface area contributed by atoms with Gasteiger partial charge in [0.25, 0.3) is 0 Å². The minimum Gasteiger partial charge on any atom is -0.392 e. The van der Waals surface area contributed by atoms with Crippen LogP contribution in [0.25, 0.3) is 0 Å². The van der Waals surface area contributed by atoms with Crippen molar-refractivity contribution in [3.63, 3.8) is 0 Å². The van der Waals surface area contributed by atoms with Crippen molar-refractivity contribution in [3.05, 3.63) is 30.3 Å². The Hall–Kier alpha value is -0.510. The van der Waals surface area contributed by atoms with Crippen LogP contribution in [0, 0.1) is 5.92 Å². The van der Waals surface area contributed by atoms with E-state index in [0.29, 0.717) is 5.92 Å². The van der Waals surface area contributed by atoms with Gasteiger partial charge in [0.15, 0.2) is 0 Å². The highest BCUT2D eigenvalue weighted by atomic mass is 32.2. The number of hydrogen-bond acceptors (Lipinski definition) is 3. The van der Waals surface area contributed by atoms with Crippen LogP contribution in [0.3, 0.4) is 0 Å². The summed E-state index contributed by atoms with van der Waals surface area (Å²) in [5.41, 5.74) is 0. The second-order valence-corrected chi connectivity index (χ2v) is 4.91. The van der Waals surface area contributed by atoms with Crippen molar-refractivity contribution in [1.29, 1.82) is 0 Å². The normalized spacial score (nSPS) is 22.9. The van der Waals surface area contributed by atoms with Gasteiger partial charge in [-0.2, -0.15) is 0 Å². The molecular formula is C12H16O2S. The predicted octanol–water partition coefficient (Wildman–Crippen LogP) is 2.18. The van der Waals surface area contributed by atoms with Crippen molar-refractivity contribution in [2.45, 2.75) is 17.4 Å². The summed E-state index contributed by atoms with van der Waals surface area (Å²) in [6.45, 7) is 1.52. The van der Waals surface area contributed by atoms with Crippen molar-refractivity contribution in [1.82, 2.24) is 0 Å². The fraction of sp³-hybridized carbons (Fsp3) is 0.500. The summed E-state index contributed by atoms with van der Waals surface area (Å²) in [5.74, 6) is 1.10. The molecule has 1 aromatic carbocycles. The molecule has 2 nitrogen and oxygen atoms in total. The highest BCUT2D eigenvalue weighted by molar-refractivity contribution is 7.99. The molecule has 0 aromatic heterocycles. The lowest BCUT2D eigenvalue weighted by Crippen LogP contribution is -2.22. The highest BCUT2D eigenvalue weighted by Crippen LogP contribution is 2.23. The van der Waals surface area contributed by atoms with Gasteiger partial charge >= 0.3 is 0 Å². The molecule has 1 aliphatic heterocycles. The van der Waals surface area contributed by atoms with E-state index in [0.717, 1.165) is 25.4 Å². The van der Waals surface area contributed by atoms with Crippen LogP contribution in [0.5, 0.6) is 0 Å². The maximum atomic E-state index is 9.91. The standard InChI is InChI=1S/C12H16O2S/c13-12(10-6-7-14-8-10)9-15-11-4-2-1-3-5-11/h1-5,10,12-13H,6-9H2. The van der Waals surface area contributed by atoms with E-state index in [1.807, 2.05) is 18.2 Å². The van der Waals surface area contributed by atoms with E-state index in [9.17, 15) is 5.11 Å². The Kier molecular flexibility index (Phi) is 4.06. The molecule has 2 rings (SSSR count). The lowest BCUT2D eigenvalue weighted by atomic mass is 10.0.